The predicted octanol–water partition coefficient (Wildman–Crippen LogP) is 1.46. The number of hydrogen-bond acceptors (Lipinski definition) is 4. The minimum absolute atomic E-state index is 0.100. The SMILES string of the molecule is COc1ccc(CCN(C)C)cc1C1CNCCO1. The molecule has 0 bridgehead atoms. The normalized spacial score (nSPS) is 19.7. The maximum absolute atomic E-state index is 5.83. The van der Waals surface area contributed by atoms with Crippen LogP contribution in [0, 0.1) is 0 Å². The molecule has 2 rings (SSSR count). The zero-order valence-corrected chi connectivity index (χ0v) is 12.1. The van der Waals surface area contributed by atoms with Gasteiger partial charge in [-0.2, -0.15) is 0 Å². The Morgan fingerprint density at radius 3 is 2.89 bits per heavy atom. The predicted molar refractivity (Wildman–Crippen MR) is 76.8 cm³/mol. The van der Waals surface area contributed by atoms with Crippen LogP contribution in [0.1, 0.15) is 17.2 Å². The van der Waals surface area contributed by atoms with Gasteiger partial charge in [-0.05, 0) is 38.2 Å². The van der Waals surface area contributed by atoms with Gasteiger partial charge in [0.2, 0.25) is 0 Å². The second kappa shape index (κ2) is 6.89. The lowest BCUT2D eigenvalue weighted by molar-refractivity contribution is 0.0262. The molecule has 1 saturated heterocycles. The Labute approximate surface area is 115 Å². The van der Waals surface area contributed by atoms with Crippen molar-refractivity contribution in [3.63, 3.8) is 0 Å². The van der Waals surface area contributed by atoms with E-state index in [-0.39, 0.29) is 6.10 Å². The average molecular weight is 264 g/mol. The van der Waals surface area contributed by atoms with Crippen molar-refractivity contribution < 1.29 is 9.47 Å². The van der Waals surface area contributed by atoms with Crippen LogP contribution in [0.2, 0.25) is 0 Å². The third-order valence-corrected chi connectivity index (χ3v) is 3.42. The molecule has 1 heterocycles. The Bertz CT molecular complexity index is 401. The van der Waals surface area contributed by atoms with Crippen molar-refractivity contribution in [1.29, 1.82) is 0 Å². The maximum atomic E-state index is 5.83. The zero-order chi connectivity index (χ0) is 13.7. The lowest BCUT2D eigenvalue weighted by atomic mass is 10.0. The van der Waals surface area contributed by atoms with Crippen LogP contribution in [-0.4, -0.2) is 52.3 Å². The van der Waals surface area contributed by atoms with Crippen molar-refractivity contribution in [1.82, 2.24) is 10.2 Å². The summed E-state index contributed by atoms with van der Waals surface area (Å²) in [7, 11) is 5.91. The first-order valence-corrected chi connectivity index (χ1v) is 6.84. The molecule has 1 aromatic rings. The van der Waals surface area contributed by atoms with Gasteiger partial charge in [0.1, 0.15) is 5.75 Å². The molecule has 1 atom stereocenters. The number of morpholine rings is 1. The van der Waals surface area contributed by atoms with Gasteiger partial charge in [-0.3, -0.25) is 0 Å². The molecule has 4 heteroatoms. The van der Waals surface area contributed by atoms with Crippen molar-refractivity contribution in [3.8, 4) is 5.75 Å². The summed E-state index contributed by atoms with van der Waals surface area (Å²) in [6.45, 7) is 3.60. The highest BCUT2D eigenvalue weighted by Crippen LogP contribution is 2.29. The zero-order valence-electron chi connectivity index (χ0n) is 12.1. The molecule has 19 heavy (non-hydrogen) atoms. The van der Waals surface area contributed by atoms with Gasteiger partial charge in [-0.15, -0.1) is 0 Å². The summed E-state index contributed by atoms with van der Waals surface area (Å²) in [5.74, 6) is 0.919. The van der Waals surface area contributed by atoms with E-state index in [1.165, 1.54) is 5.56 Å². The van der Waals surface area contributed by atoms with E-state index in [9.17, 15) is 0 Å². The number of nitrogens with one attached hydrogen (secondary N) is 1. The summed E-state index contributed by atoms with van der Waals surface area (Å²) >= 11 is 0. The van der Waals surface area contributed by atoms with E-state index in [1.807, 2.05) is 0 Å². The molecule has 0 aliphatic carbocycles. The van der Waals surface area contributed by atoms with Gasteiger partial charge in [-0.1, -0.05) is 6.07 Å². The lowest BCUT2D eigenvalue weighted by Gasteiger charge is -2.26. The molecule has 1 fully saturated rings. The second-order valence-corrected chi connectivity index (χ2v) is 5.19. The first-order chi connectivity index (χ1) is 9.20. The van der Waals surface area contributed by atoms with Crippen molar-refractivity contribution >= 4 is 0 Å². The molecule has 1 aliphatic rings. The highest BCUT2D eigenvalue weighted by atomic mass is 16.5. The first-order valence-electron chi connectivity index (χ1n) is 6.84. The van der Waals surface area contributed by atoms with E-state index in [2.05, 4.69) is 42.5 Å². The van der Waals surface area contributed by atoms with Crippen LogP contribution in [0.25, 0.3) is 0 Å². The third kappa shape index (κ3) is 3.93. The van der Waals surface area contributed by atoms with Crippen molar-refractivity contribution in [2.75, 3.05) is 47.4 Å². The molecule has 4 nitrogen and oxygen atoms in total. The molecule has 1 aliphatic heterocycles. The summed E-state index contributed by atoms with van der Waals surface area (Å²) in [5.41, 5.74) is 2.49. The second-order valence-electron chi connectivity index (χ2n) is 5.19. The summed E-state index contributed by atoms with van der Waals surface area (Å²) in [5, 5.41) is 3.37. The largest absolute Gasteiger partial charge is 0.496 e. The number of ether oxygens (including phenoxy) is 2. The monoisotopic (exact) mass is 264 g/mol. The van der Waals surface area contributed by atoms with Crippen molar-refractivity contribution in [3.05, 3.63) is 29.3 Å². The number of methoxy groups -OCH3 is 1. The minimum Gasteiger partial charge on any atom is -0.496 e. The number of nitrogens with zero attached hydrogens (tertiary/aromatic N) is 1. The molecule has 1 N–H and O–H groups in total. The van der Waals surface area contributed by atoms with Crippen LogP contribution in [-0.2, 0) is 11.2 Å². The van der Waals surface area contributed by atoms with E-state index in [1.54, 1.807) is 7.11 Å². The van der Waals surface area contributed by atoms with E-state index in [0.717, 1.165) is 44.0 Å². The lowest BCUT2D eigenvalue weighted by Crippen LogP contribution is -2.33. The fraction of sp³-hybridized carbons (Fsp3) is 0.600. The van der Waals surface area contributed by atoms with Gasteiger partial charge in [0.15, 0.2) is 0 Å². The summed E-state index contributed by atoms with van der Waals surface area (Å²) < 4.78 is 11.3. The van der Waals surface area contributed by atoms with Crippen LogP contribution >= 0.6 is 0 Å². The van der Waals surface area contributed by atoms with Crippen LogP contribution < -0.4 is 10.1 Å². The van der Waals surface area contributed by atoms with E-state index < -0.39 is 0 Å². The molecule has 0 saturated carbocycles. The molecular weight excluding hydrogens is 240 g/mol. The van der Waals surface area contributed by atoms with E-state index in [0.29, 0.717) is 0 Å². The first kappa shape index (κ1) is 14.3. The van der Waals surface area contributed by atoms with E-state index >= 15 is 0 Å². The highest BCUT2D eigenvalue weighted by Gasteiger charge is 2.19. The maximum Gasteiger partial charge on any atom is 0.124 e. The molecule has 106 valence electrons. The third-order valence-electron chi connectivity index (χ3n) is 3.42. The number of benzene rings is 1. The van der Waals surface area contributed by atoms with Gasteiger partial charge in [0.25, 0.3) is 0 Å². The average Bonchev–Trinajstić information content (AvgIpc) is 2.45. The van der Waals surface area contributed by atoms with Gasteiger partial charge < -0.3 is 19.7 Å². The summed E-state index contributed by atoms with van der Waals surface area (Å²) in [6, 6.07) is 6.42. The molecule has 0 amide bonds. The standard InChI is InChI=1S/C15H24N2O2/c1-17(2)8-6-12-4-5-14(18-3)13(10-12)15-11-16-7-9-19-15/h4-5,10,15-16H,6-9,11H2,1-3H3. The highest BCUT2D eigenvalue weighted by molar-refractivity contribution is 5.39. The molecular formula is C15H24N2O2. The smallest absolute Gasteiger partial charge is 0.124 e. The van der Waals surface area contributed by atoms with Crippen LogP contribution in [0.4, 0.5) is 0 Å². The van der Waals surface area contributed by atoms with Gasteiger partial charge in [-0.25, -0.2) is 0 Å². The van der Waals surface area contributed by atoms with Crippen molar-refractivity contribution in [2.45, 2.75) is 12.5 Å². The molecule has 1 aromatic carbocycles. The van der Waals surface area contributed by atoms with Gasteiger partial charge in [0, 0.05) is 25.2 Å². The van der Waals surface area contributed by atoms with Gasteiger partial charge in [0.05, 0.1) is 19.8 Å². The van der Waals surface area contributed by atoms with Gasteiger partial charge >= 0.3 is 0 Å². The van der Waals surface area contributed by atoms with E-state index in [4.69, 9.17) is 9.47 Å². The molecule has 0 aromatic heterocycles. The fourth-order valence-electron chi connectivity index (χ4n) is 2.31. The Morgan fingerprint density at radius 2 is 2.26 bits per heavy atom. The topological polar surface area (TPSA) is 33.7 Å². The minimum atomic E-state index is 0.100. The Morgan fingerprint density at radius 1 is 1.42 bits per heavy atom. The molecule has 0 spiro atoms. The number of hydrogen-bond donors (Lipinski definition) is 1. The quantitative estimate of drug-likeness (QED) is 0.873. The Balaban J connectivity index is 2.15. The van der Waals surface area contributed by atoms with Crippen LogP contribution in [0.15, 0.2) is 18.2 Å². The summed E-state index contributed by atoms with van der Waals surface area (Å²) in [6.07, 6.45) is 1.15. The molecule has 1 unspecified atom stereocenters. The van der Waals surface area contributed by atoms with Crippen LogP contribution in [0.3, 0.4) is 0 Å². The number of likely N-dealkylation sites (N-methyl/N-ethyl adjacent to an activating group) is 1. The van der Waals surface area contributed by atoms with Crippen molar-refractivity contribution in [2.24, 2.45) is 0 Å². The summed E-state index contributed by atoms with van der Waals surface area (Å²) in [4.78, 5) is 2.20. The molecule has 0 radical (unpaired) electrons. The Hall–Kier alpha value is -1.10. The van der Waals surface area contributed by atoms with Crippen LogP contribution in [0.5, 0.6) is 5.75 Å². The Kier molecular flexibility index (Phi) is 5.19. The fourth-order valence-corrected chi connectivity index (χ4v) is 2.31. The number of rotatable bonds is 5.